The van der Waals surface area contributed by atoms with Gasteiger partial charge in [-0.25, -0.2) is 8.42 Å². The summed E-state index contributed by atoms with van der Waals surface area (Å²) in [5.41, 5.74) is 2.61. The van der Waals surface area contributed by atoms with Crippen LogP contribution in [0.1, 0.15) is 17.2 Å². The molecule has 1 unspecified atom stereocenters. The van der Waals surface area contributed by atoms with Gasteiger partial charge in [0.05, 0.1) is 12.0 Å². The highest BCUT2D eigenvalue weighted by Gasteiger charge is 2.37. The normalized spacial score (nSPS) is 21.4. The number of benzene rings is 2. The highest BCUT2D eigenvalue weighted by molar-refractivity contribution is 7.89. The van der Waals surface area contributed by atoms with Crippen molar-refractivity contribution < 1.29 is 13.2 Å². The monoisotopic (exact) mass is 358 g/mol. The highest BCUT2D eigenvalue weighted by atomic mass is 32.2. The van der Waals surface area contributed by atoms with E-state index >= 15 is 0 Å². The first-order chi connectivity index (χ1) is 12.1. The zero-order valence-electron chi connectivity index (χ0n) is 14.3. The van der Waals surface area contributed by atoms with Crippen LogP contribution in [0.15, 0.2) is 53.4 Å². The van der Waals surface area contributed by atoms with Crippen LogP contribution in [0.5, 0.6) is 5.75 Å². The van der Waals surface area contributed by atoms with Crippen LogP contribution in [0.4, 0.5) is 0 Å². The van der Waals surface area contributed by atoms with Crippen LogP contribution in [0.3, 0.4) is 0 Å². The number of methoxy groups -OCH3 is 1. The van der Waals surface area contributed by atoms with Crippen LogP contribution in [-0.2, 0) is 16.4 Å². The lowest BCUT2D eigenvalue weighted by atomic mass is 9.91. The van der Waals surface area contributed by atoms with E-state index in [0.717, 1.165) is 19.5 Å². The van der Waals surface area contributed by atoms with Crippen LogP contribution in [0.25, 0.3) is 0 Å². The second-order valence-electron chi connectivity index (χ2n) is 6.54. The minimum absolute atomic E-state index is 0.145. The highest BCUT2D eigenvalue weighted by Crippen LogP contribution is 2.34. The second kappa shape index (κ2) is 6.44. The van der Waals surface area contributed by atoms with Gasteiger partial charge >= 0.3 is 0 Å². The van der Waals surface area contributed by atoms with Crippen molar-refractivity contribution in [3.63, 3.8) is 0 Å². The van der Waals surface area contributed by atoms with E-state index in [-0.39, 0.29) is 6.04 Å². The molecule has 0 amide bonds. The van der Waals surface area contributed by atoms with E-state index in [1.165, 1.54) is 11.1 Å². The Hall–Kier alpha value is -1.89. The van der Waals surface area contributed by atoms with Crippen LogP contribution in [-0.4, -0.2) is 50.9 Å². The van der Waals surface area contributed by atoms with Gasteiger partial charge in [0.1, 0.15) is 5.75 Å². The third-order valence-electron chi connectivity index (χ3n) is 5.23. The van der Waals surface area contributed by atoms with Gasteiger partial charge in [-0.2, -0.15) is 4.31 Å². The molecule has 0 radical (unpaired) electrons. The van der Waals surface area contributed by atoms with Gasteiger partial charge in [-0.15, -0.1) is 0 Å². The van der Waals surface area contributed by atoms with Crippen molar-refractivity contribution in [3.8, 4) is 5.75 Å². The van der Waals surface area contributed by atoms with Crippen LogP contribution in [0.2, 0.25) is 0 Å². The summed E-state index contributed by atoms with van der Waals surface area (Å²) in [6.07, 6.45) is 1.04. The first-order valence-electron chi connectivity index (χ1n) is 8.55. The number of fused-ring (bicyclic) bond motifs is 3. The lowest BCUT2D eigenvalue weighted by Crippen LogP contribution is -2.52. The molecular weight excluding hydrogens is 336 g/mol. The van der Waals surface area contributed by atoms with Crippen LogP contribution in [0, 0.1) is 0 Å². The average Bonchev–Trinajstić information content (AvgIpc) is 2.67. The molecule has 1 saturated heterocycles. The predicted molar refractivity (Wildman–Crippen MR) is 96.2 cm³/mol. The molecule has 0 N–H and O–H groups in total. The molecule has 0 bridgehead atoms. The summed E-state index contributed by atoms with van der Waals surface area (Å²) in [6.45, 7) is 2.81. The van der Waals surface area contributed by atoms with Gasteiger partial charge in [-0.05, 0) is 41.8 Å². The molecule has 2 heterocycles. The standard InChI is InChI=1S/C19H22N2O3S/c1-24-16-6-8-17(9-7-16)25(22,23)21-13-12-20-11-10-15-4-2-3-5-18(15)19(20)14-21/h2-9,19H,10-14H2,1H3. The third-order valence-corrected chi connectivity index (χ3v) is 7.11. The number of sulfonamides is 1. The fraction of sp³-hybridized carbons (Fsp3) is 0.368. The Morgan fingerprint density at radius 1 is 1.00 bits per heavy atom. The molecule has 25 heavy (non-hydrogen) atoms. The molecule has 2 aromatic rings. The minimum atomic E-state index is -3.49. The smallest absolute Gasteiger partial charge is 0.243 e. The molecule has 2 aliphatic heterocycles. The van der Waals surface area contributed by atoms with E-state index in [0.29, 0.717) is 23.7 Å². The van der Waals surface area contributed by atoms with E-state index in [2.05, 4.69) is 23.1 Å². The Labute approximate surface area is 148 Å². The van der Waals surface area contributed by atoms with Gasteiger partial charge in [-0.1, -0.05) is 24.3 Å². The number of ether oxygens (including phenoxy) is 1. The fourth-order valence-corrected chi connectivity index (χ4v) is 5.26. The zero-order valence-corrected chi connectivity index (χ0v) is 15.1. The van der Waals surface area contributed by atoms with Crippen molar-refractivity contribution in [2.75, 3.05) is 33.3 Å². The number of nitrogens with zero attached hydrogens (tertiary/aromatic N) is 2. The number of hydrogen-bond donors (Lipinski definition) is 0. The fourth-order valence-electron chi connectivity index (χ4n) is 3.82. The van der Waals surface area contributed by atoms with Gasteiger partial charge in [0.25, 0.3) is 0 Å². The molecule has 0 saturated carbocycles. The minimum Gasteiger partial charge on any atom is -0.497 e. The summed E-state index contributed by atoms with van der Waals surface area (Å²) >= 11 is 0. The van der Waals surface area contributed by atoms with Crippen molar-refractivity contribution in [1.82, 2.24) is 9.21 Å². The summed E-state index contributed by atoms with van der Waals surface area (Å²) in [5, 5.41) is 0. The molecule has 2 aliphatic rings. The van der Waals surface area contributed by atoms with Gasteiger partial charge in [0.15, 0.2) is 0 Å². The van der Waals surface area contributed by atoms with Crippen molar-refractivity contribution in [3.05, 3.63) is 59.7 Å². The summed E-state index contributed by atoms with van der Waals surface area (Å²) in [6, 6.07) is 15.2. The summed E-state index contributed by atoms with van der Waals surface area (Å²) < 4.78 is 32.8. The van der Waals surface area contributed by atoms with Gasteiger partial charge < -0.3 is 4.74 Å². The molecule has 5 nitrogen and oxygen atoms in total. The van der Waals surface area contributed by atoms with E-state index in [1.807, 2.05) is 6.07 Å². The average molecular weight is 358 g/mol. The Morgan fingerprint density at radius 3 is 2.52 bits per heavy atom. The molecule has 0 aromatic heterocycles. The van der Waals surface area contributed by atoms with E-state index in [9.17, 15) is 8.42 Å². The first-order valence-corrected chi connectivity index (χ1v) is 9.99. The van der Waals surface area contributed by atoms with Crippen molar-refractivity contribution in [1.29, 1.82) is 0 Å². The van der Waals surface area contributed by atoms with Crippen molar-refractivity contribution >= 4 is 10.0 Å². The lowest BCUT2D eigenvalue weighted by molar-refractivity contribution is 0.109. The Bertz CT molecular complexity index is 864. The Balaban J connectivity index is 1.62. The van der Waals surface area contributed by atoms with Crippen LogP contribution < -0.4 is 4.74 Å². The predicted octanol–water partition coefficient (Wildman–Crippen LogP) is 2.30. The second-order valence-corrected chi connectivity index (χ2v) is 8.48. The maximum absolute atomic E-state index is 13.0. The summed E-state index contributed by atoms with van der Waals surface area (Å²) in [7, 11) is -1.92. The van der Waals surface area contributed by atoms with Crippen molar-refractivity contribution in [2.45, 2.75) is 17.4 Å². The van der Waals surface area contributed by atoms with Gasteiger partial charge in [0, 0.05) is 32.2 Å². The Morgan fingerprint density at radius 2 is 1.76 bits per heavy atom. The quantitative estimate of drug-likeness (QED) is 0.845. The molecule has 4 rings (SSSR count). The molecule has 1 atom stereocenters. The summed E-state index contributed by atoms with van der Waals surface area (Å²) in [4.78, 5) is 2.73. The largest absolute Gasteiger partial charge is 0.497 e. The van der Waals surface area contributed by atoms with E-state index < -0.39 is 10.0 Å². The molecule has 1 fully saturated rings. The maximum Gasteiger partial charge on any atom is 0.243 e. The number of hydrogen-bond acceptors (Lipinski definition) is 4. The van der Waals surface area contributed by atoms with Gasteiger partial charge in [0.2, 0.25) is 10.0 Å². The number of piperazine rings is 1. The molecular formula is C19H22N2O3S. The molecule has 0 aliphatic carbocycles. The Kier molecular flexibility index (Phi) is 4.27. The lowest BCUT2D eigenvalue weighted by Gasteiger charge is -2.44. The third kappa shape index (κ3) is 2.94. The molecule has 132 valence electrons. The molecule has 6 heteroatoms. The SMILES string of the molecule is COc1ccc(S(=O)(=O)N2CCN3CCc4ccccc4C3C2)cc1. The molecule has 2 aromatic carbocycles. The van der Waals surface area contributed by atoms with Crippen molar-refractivity contribution in [2.24, 2.45) is 0 Å². The summed E-state index contributed by atoms with van der Waals surface area (Å²) in [5.74, 6) is 0.657. The van der Waals surface area contributed by atoms with Gasteiger partial charge in [-0.3, -0.25) is 4.90 Å². The molecule has 0 spiro atoms. The van der Waals surface area contributed by atoms with E-state index in [4.69, 9.17) is 4.74 Å². The maximum atomic E-state index is 13.0. The van der Waals surface area contributed by atoms with E-state index in [1.54, 1.807) is 35.7 Å². The number of rotatable bonds is 3. The zero-order chi connectivity index (χ0) is 17.4. The van der Waals surface area contributed by atoms with Crippen LogP contribution >= 0.6 is 0 Å². The topological polar surface area (TPSA) is 49.9 Å². The first kappa shape index (κ1) is 16.6.